The summed E-state index contributed by atoms with van der Waals surface area (Å²) in [6.45, 7) is 1.26. The molecule has 0 amide bonds. The fourth-order valence-electron chi connectivity index (χ4n) is 2.84. The minimum Gasteiger partial charge on any atom is -0.313 e. The van der Waals surface area contributed by atoms with Crippen LogP contribution in [0.5, 0.6) is 0 Å². The smallest absolute Gasteiger partial charge is 0.0281 e. The van der Waals surface area contributed by atoms with Gasteiger partial charge in [-0.15, -0.1) is 0 Å². The van der Waals surface area contributed by atoms with Gasteiger partial charge in [0.2, 0.25) is 0 Å². The molecule has 0 radical (unpaired) electrons. The Morgan fingerprint density at radius 1 is 1.07 bits per heavy atom. The minimum absolute atomic E-state index is 0.617. The van der Waals surface area contributed by atoms with E-state index in [-0.39, 0.29) is 0 Å². The van der Waals surface area contributed by atoms with Crippen molar-refractivity contribution in [3.8, 4) is 0 Å². The van der Waals surface area contributed by atoms with Gasteiger partial charge in [-0.2, -0.15) is 11.8 Å². The highest BCUT2D eigenvalue weighted by Gasteiger charge is 2.36. The average Bonchev–Trinajstić information content (AvgIpc) is 2.45. The van der Waals surface area contributed by atoms with Crippen molar-refractivity contribution in [1.82, 2.24) is 5.32 Å². The molecular weight excluding hydrogens is 202 g/mol. The van der Waals surface area contributed by atoms with Gasteiger partial charge >= 0.3 is 0 Å². The summed E-state index contributed by atoms with van der Waals surface area (Å²) in [5.41, 5.74) is 0. The second-order valence-corrected chi connectivity index (χ2v) is 6.58. The highest BCUT2D eigenvalue weighted by molar-refractivity contribution is 8.00. The molecular formula is C13H25NS. The van der Waals surface area contributed by atoms with Crippen LogP contribution >= 0.6 is 11.8 Å². The van der Waals surface area contributed by atoms with E-state index in [1.807, 2.05) is 0 Å². The van der Waals surface area contributed by atoms with Crippen molar-refractivity contribution in [2.24, 2.45) is 0 Å². The topological polar surface area (TPSA) is 12.0 Å². The van der Waals surface area contributed by atoms with Gasteiger partial charge in [-0.25, -0.2) is 0 Å². The molecule has 0 aromatic rings. The van der Waals surface area contributed by atoms with Crippen molar-refractivity contribution < 1.29 is 0 Å². The van der Waals surface area contributed by atoms with E-state index in [4.69, 9.17) is 0 Å². The fraction of sp³-hybridized carbons (Fsp3) is 1.00. The first-order valence-electron chi connectivity index (χ1n) is 6.63. The first-order chi connectivity index (χ1) is 7.35. The van der Waals surface area contributed by atoms with Gasteiger partial charge < -0.3 is 5.32 Å². The van der Waals surface area contributed by atoms with Gasteiger partial charge in [0.15, 0.2) is 0 Å². The lowest BCUT2D eigenvalue weighted by molar-refractivity contribution is 0.321. The first kappa shape index (κ1) is 11.8. The predicted octanol–water partition coefficient (Wildman–Crippen LogP) is 3.58. The average molecular weight is 227 g/mol. The molecule has 0 unspecified atom stereocenters. The van der Waals surface area contributed by atoms with Crippen LogP contribution < -0.4 is 5.32 Å². The van der Waals surface area contributed by atoms with Crippen molar-refractivity contribution in [3.05, 3.63) is 0 Å². The third kappa shape index (κ3) is 3.13. The van der Waals surface area contributed by atoms with Crippen LogP contribution in [0.15, 0.2) is 0 Å². The van der Waals surface area contributed by atoms with Gasteiger partial charge in [0, 0.05) is 17.3 Å². The summed E-state index contributed by atoms with van der Waals surface area (Å²) in [7, 11) is 0. The molecule has 2 saturated carbocycles. The van der Waals surface area contributed by atoms with E-state index in [0.29, 0.717) is 4.75 Å². The van der Waals surface area contributed by atoms with Crippen LogP contribution in [0.1, 0.15) is 57.8 Å². The number of hydrogen-bond acceptors (Lipinski definition) is 2. The Balaban J connectivity index is 1.71. The number of hydrogen-bond donors (Lipinski definition) is 1. The quantitative estimate of drug-likeness (QED) is 0.737. The molecule has 1 N–H and O–H groups in total. The lowest BCUT2D eigenvalue weighted by atomic mass is 9.84. The largest absolute Gasteiger partial charge is 0.313 e. The summed E-state index contributed by atoms with van der Waals surface area (Å²) in [5.74, 6) is 0. The predicted molar refractivity (Wildman–Crippen MR) is 69.6 cm³/mol. The van der Waals surface area contributed by atoms with Crippen molar-refractivity contribution in [2.75, 3.05) is 12.8 Å². The maximum absolute atomic E-state index is 3.83. The van der Waals surface area contributed by atoms with Crippen LogP contribution in [0.2, 0.25) is 0 Å². The highest BCUT2D eigenvalue weighted by atomic mass is 32.2. The molecule has 0 saturated heterocycles. The molecule has 0 spiro atoms. The van der Waals surface area contributed by atoms with Crippen LogP contribution in [-0.4, -0.2) is 23.6 Å². The zero-order valence-electron chi connectivity index (χ0n) is 10.1. The zero-order valence-corrected chi connectivity index (χ0v) is 10.9. The van der Waals surface area contributed by atoms with Crippen molar-refractivity contribution in [1.29, 1.82) is 0 Å². The molecule has 2 rings (SSSR count). The molecule has 2 heteroatoms. The van der Waals surface area contributed by atoms with Crippen molar-refractivity contribution >= 4 is 11.8 Å². The number of thioether (sulfide) groups is 1. The third-order valence-corrected chi connectivity index (χ3v) is 5.68. The highest BCUT2D eigenvalue weighted by Crippen LogP contribution is 2.42. The summed E-state index contributed by atoms with van der Waals surface area (Å²) in [5, 5.41) is 3.83. The Bertz CT molecular complexity index is 175. The maximum atomic E-state index is 3.83. The van der Waals surface area contributed by atoms with Gasteiger partial charge in [-0.1, -0.05) is 32.1 Å². The Labute approximate surface area is 98.8 Å². The van der Waals surface area contributed by atoms with Crippen LogP contribution in [0.25, 0.3) is 0 Å². The van der Waals surface area contributed by atoms with E-state index in [1.165, 1.54) is 64.3 Å². The minimum atomic E-state index is 0.617. The first-order valence-corrected chi connectivity index (χ1v) is 7.86. The van der Waals surface area contributed by atoms with Crippen molar-refractivity contribution in [2.45, 2.75) is 68.6 Å². The Morgan fingerprint density at radius 2 is 1.73 bits per heavy atom. The van der Waals surface area contributed by atoms with Gasteiger partial charge in [0.1, 0.15) is 0 Å². The van der Waals surface area contributed by atoms with E-state index in [2.05, 4.69) is 23.3 Å². The Hall–Kier alpha value is 0.310. The van der Waals surface area contributed by atoms with E-state index in [0.717, 1.165) is 6.04 Å². The number of rotatable bonds is 4. The zero-order chi connectivity index (χ0) is 10.6. The fourth-order valence-corrected chi connectivity index (χ4v) is 3.76. The van der Waals surface area contributed by atoms with Gasteiger partial charge in [-0.05, 0) is 31.9 Å². The van der Waals surface area contributed by atoms with Gasteiger partial charge in [0.05, 0.1) is 0 Å². The van der Waals surface area contributed by atoms with Crippen LogP contribution in [-0.2, 0) is 0 Å². The lowest BCUT2D eigenvalue weighted by Gasteiger charge is -2.41. The van der Waals surface area contributed by atoms with E-state index in [9.17, 15) is 0 Å². The molecule has 0 heterocycles. The molecule has 0 aliphatic heterocycles. The molecule has 0 aromatic carbocycles. The van der Waals surface area contributed by atoms with Crippen molar-refractivity contribution in [3.63, 3.8) is 0 Å². The summed E-state index contributed by atoms with van der Waals surface area (Å²) >= 11 is 2.09. The molecule has 0 aromatic heterocycles. The third-order valence-electron chi connectivity index (χ3n) is 4.27. The summed E-state index contributed by atoms with van der Waals surface area (Å²) in [6.07, 6.45) is 15.3. The molecule has 0 bridgehead atoms. The summed E-state index contributed by atoms with van der Waals surface area (Å²) in [4.78, 5) is 0. The Morgan fingerprint density at radius 3 is 2.20 bits per heavy atom. The molecule has 2 fully saturated rings. The second-order valence-electron chi connectivity index (χ2n) is 5.31. The normalized spacial score (nSPS) is 27.0. The number of nitrogens with one attached hydrogen (secondary N) is 1. The second kappa shape index (κ2) is 5.58. The molecule has 1 nitrogen and oxygen atoms in total. The molecule has 2 aliphatic rings. The lowest BCUT2D eigenvalue weighted by Crippen LogP contribution is -2.46. The SMILES string of the molecule is CSC1(CNC2CCCCCC2)CCC1. The molecule has 0 atom stereocenters. The van der Waals surface area contributed by atoms with Gasteiger partial charge in [0.25, 0.3) is 0 Å². The van der Waals surface area contributed by atoms with E-state index < -0.39 is 0 Å². The summed E-state index contributed by atoms with van der Waals surface area (Å²) < 4.78 is 0.617. The molecule has 2 aliphatic carbocycles. The maximum Gasteiger partial charge on any atom is 0.0281 e. The summed E-state index contributed by atoms with van der Waals surface area (Å²) in [6, 6.07) is 0.831. The monoisotopic (exact) mass is 227 g/mol. The van der Waals surface area contributed by atoms with Gasteiger partial charge in [-0.3, -0.25) is 0 Å². The van der Waals surface area contributed by atoms with Crippen LogP contribution in [0, 0.1) is 0 Å². The molecule has 88 valence electrons. The van der Waals surface area contributed by atoms with E-state index >= 15 is 0 Å². The Kier molecular flexibility index (Phi) is 4.39. The molecule has 15 heavy (non-hydrogen) atoms. The van der Waals surface area contributed by atoms with Crippen LogP contribution in [0.3, 0.4) is 0 Å². The standard InChI is InChI=1S/C13H25NS/c1-15-13(9-6-10-13)11-14-12-7-4-2-3-5-8-12/h12,14H,2-11H2,1H3. The van der Waals surface area contributed by atoms with Crippen LogP contribution in [0.4, 0.5) is 0 Å². The van der Waals surface area contributed by atoms with E-state index in [1.54, 1.807) is 0 Å².